The number of methoxy groups -OCH3 is 2. The van der Waals surface area contributed by atoms with Crippen LogP contribution in [0.5, 0.6) is 17.2 Å². The van der Waals surface area contributed by atoms with Crippen LogP contribution in [-0.2, 0) is 13.1 Å². The Balaban J connectivity index is 1.96. The van der Waals surface area contributed by atoms with Crippen molar-refractivity contribution in [3.8, 4) is 17.2 Å². The van der Waals surface area contributed by atoms with E-state index in [9.17, 15) is 0 Å². The molecule has 30 heavy (non-hydrogen) atoms. The molecule has 0 unspecified atom stereocenters. The lowest BCUT2D eigenvalue weighted by atomic mass is 10.2. The Bertz CT molecular complexity index is 824. The number of nitrogens with zero attached hydrogens (tertiary/aromatic N) is 3. The minimum atomic E-state index is 0.653. The molecule has 0 atom stereocenters. The first-order chi connectivity index (χ1) is 14.5. The number of likely N-dealkylation sites (N-methyl/N-ethyl adjacent to an activating group) is 1. The third-order valence-corrected chi connectivity index (χ3v) is 4.63. The Morgan fingerprint density at radius 2 is 1.80 bits per heavy atom. The van der Waals surface area contributed by atoms with Gasteiger partial charge in [0.25, 0.3) is 0 Å². The van der Waals surface area contributed by atoms with E-state index in [0.717, 1.165) is 40.9 Å². The molecule has 0 radical (unpaired) electrons. The molecule has 7 heteroatoms. The molecule has 0 spiro atoms. The summed E-state index contributed by atoms with van der Waals surface area (Å²) < 4.78 is 16.6. The molecule has 2 rings (SSSR count). The molecule has 164 valence electrons. The molecule has 0 aliphatic rings. The third kappa shape index (κ3) is 7.15. The van der Waals surface area contributed by atoms with Crippen molar-refractivity contribution < 1.29 is 14.2 Å². The number of rotatable bonds is 10. The molecule has 7 nitrogen and oxygen atoms in total. The lowest BCUT2D eigenvalue weighted by Gasteiger charge is -2.23. The summed E-state index contributed by atoms with van der Waals surface area (Å²) >= 11 is 0. The zero-order valence-corrected chi connectivity index (χ0v) is 18.9. The Labute approximate surface area is 180 Å². The average molecular weight is 415 g/mol. The van der Waals surface area contributed by atoms with Crippen LogP contribution in [0.4, 0.5) is 0 Å². The van der Waals surface area contributed by atoms with Crippen molar-refractivity contribution in [2.75, 3.05) is 55.6 Å². The summed E-state index contributed by atoms with van der Waals surface area (Å²) in [4.78, 5) is 8.57. The van der Waals surface area contributed by atoms with Crippen molar-refractivity contribution in [3.63, 3.8) is 0 Å². The quantitative estimate of drug-likeness (QED) is 0.477. The van der Waals surface area contributed by atoms with E-state index >= 15 is 0 Å². The minimum absolute atomic E-state index is 0.653. The van der Waals surface area contributed by atoms with E-state index in [-0.39, 0.29) is 0 Å². The van der Waals surface area contributed by atoms with E-state index in [1.54, 1.807) is 21.3 Å². The van der Waals surface area contributed by atoms with Crippen LogP contribution in [0.25, 0.3) is 0 Å². The summed E-state index contributed by atoms with van der Waals surface area (Å²) in [5, 5.41) is 3.41. The number of hydrogen-bond acceptors (Lipinski definition) is 5. The molecule has 0 aromatic heterocycles. The van der Waals surface area contributed by atoms with Gasteiger partial charge in [-0.15, -0.1) is 0 Å². The van der Waals surface area contributed by atoms with Crippen LogP contribution < -0.4 is 19.5 Å². The number of ether oxygens (including phenoxy) is 3. The van der Waals surface area contributed by atoms with Gasteiger partial charge in [-0.2, -0.15) is 0 Å². The van der Waals surface area contributed by atoms with Gasteiger partial charge in [-0.3, -0.25) is 4.99 Å². The molecule has 0 bridgehead atoms. The predicted octanol–water partition coefficient (Wildman–Crippen LogP) is 2.85. The highest BCUT2D eigenvalue weighted by Gasteiger charge is 2.11. The van der Waals surface area contributed by atoms with Gasteiger partial charge in [-0.25, -0.2) is 0 Å². The predicted molar refractivity (Wildman–Crippen MR) is 122 cm³/mol. The van der Waals surface area contributed by atoms with Crippen LogP contribution in [0, 0.1) is 0 Å². The number of nitrogens with one attached hydrogen (secondary N) is 1. The molecular weight excluding hydrogens is 380 g/mol. The van der Waals surface area contributed by atoms with Gasteiger partial charge in [-0.1, -0.05) is 12.1 Å². The zero-order chi connectivity index (χ0) is 21.9. The molecule has 0 heterocycles. The summed E-state index contributed by atoms with van der Waals surface area (Å²) in [6.07, 6.45) is 0. The highest BCUT2D eigenvalue weighted by Crippen LogP contribution is 2.25. The Hall–Kier alpha value is -2.93. The van der Waals surface area contributed by atoms with E-state index in [4.69, 9.17) is 14.2 Å². The van der Waals surface area contributed by atoms with Crippen LogP contribution >= 0.6 is 0 Å². The first-order valence-electron chi connectivity index (χ1n) is 9.96. The van der Waals surface area contributed by atoms with E-state index in [0.29, 0.717) is 19.7 Å². The zero-order valence-electron chi connectivity index (χ0n) is 18.9. The normalized spacial score (nSPS) is 11.4. The van der Waals surface area contributed by atoms with Crippen LogP contribution in [0.3, 0.4) is 0 Å². The lowest BCUT2D eigenvalue weighted by molar-refractivity contribution is 0.261. The third-order valence-electron chi connectivity index (χ3n) is 4.63. The summed E-state index contributed by atoms with van der Waals surface area (Å²) in [7, 11) is 11.2. The standard InChI is InChI=1S/C23H34N4O3/c1-24-23(27(4)17-19-10-11-20(28-5)15-22(19)29-6)25-16-18-8-7-9-21(14-18)30-13-12-26(2)3/h7-11,14-15H,12-13,16-17H2,1-6H3,(H,24,25). The van der Waals surface area contributed by atoms with Crippen LogP contribution in [0.1, 0.15) is 11.1 Å². The number of aliphatic imine (C=N–C) groups is 1. The van der Waals surface area contributed by atoms with Crippen molar-refractivity contribution in [1.82, 2.24) is 15.1 Å². The molecule has 0 aliphatic heterocycles. The van der Waals surface area contributed by atoms with Crippen LogP contribution in [-0.4, -0.2) is 71.3 Å². The van der Waals surface area contributed by atoms with Gasteiger partial charge in [0.05, 0.1) is 14.2 Å². The smallest absolute Gasteiger partial charge is 0.193 e. The van der Waals surface area contributed by atoms with Gasteiger partial charge in [0.1, 0.15) is 23.9 Å². The van der Waals surface area contributed by atoms with E-state index in [1.807, 2.05) is 51.5 Å². The lowest BCUT2D eigenvalue weighted by Crippen LogP contribution is -2.38. The molecule has 0 aliphatic carbocycles. The second kappa shape index (κ2) is 11.9. The van der Waals surface area contributed by atoms with Crippen molar-refractivity contribution >= 4 is 5.96 Å². The Kier molecular flexibility index (Phi) is 9.28. The number of guanidine groups is 1. The Morgan fingerprint density at radius 1 is 1.00 bits per heavy atom. The molecule has 2 aromatic carbocycles. The molecule has 0 saturated heterocycles. The first kappa shape index (κ1) is 23.3. The maximum Gasteiger partial charge on any atom is 0.193 e. The molecular formula is C23H34N4O3. The highest BCUT2D eigenvalue weighted by molar-refractivity contribution is 5.79. The molecule has 0 fully saturated rings. The number of benzene rings is 2. The molecule has 2 aromatic rings. The minimum Gasteiger partial charge on any atom is -0.497 e. The van der Waals surface area contributed by atoms with E-state index in [1.165, 1.54) is 0 Å². The largest absolute Gasteiger partial charge is 0.497 e. The average Bonchev–Trinajstić information content (AvgIpc) is 2.74. The van der Waals surface area contributed by atoms with Gasteiger partial charge in [0, 0.05) is 45.4 Å². The summed E-state index contributed by atoms with van der Waals surface area (Å²) in [5.74, 6) is 3.24. The van der Waals surface area contributed by atoms with Crippen molar-refractivity contribution in [1.29, 1.82) is 0 Å². The second-order valence-electron chi connectivity index (χ2n) is 7.23. The van der Waals surface area contributed by atoms with Gasteiger partial charge in [0.2, 0.25) is 0 Å². The van der Waals surface area contributed by atoms with Gasteiger partial charge in [-0.05, 0) is 43.9 Å². The second-order valence-corrected chi connectivity index (χ2v) is 7.23. The fraction of sp³-hybridized carbons (Fsp3) is 0.435. The SMILES string of the molecule is CN=C(NCc1cccc(OCCN(C)C)c1)N(C)Cc1ccc(OC)cc1OC. The molecule has 0 saturated carbocycles. The van der Waals surface area contributed by atoms with Crippen molar-refractivity contribution in [2.24, 2.45) is 4.99 Å². The maximum absolute atomic E-state index is 5.83. The highest BCUT2D eigenvalue weighted by atomic mass is 16.5. The summed E-state index contributed by atoms with van der Waals surface area (Å²) in [5.41, 5.74) is 2.19. The van der Waals surface area contributed by atoms with Gasteiger partial charge < -0.3 is 29.3 Å². The molecule has 1 N–H and O–H groups in total. The van der Waals surface area contributed by atoms with Gasteiger partial charge in [0.15, 0.2) is 5.96 Å². The first-order valence-corrected chi connectivity index (χ1v) is 9.96. The topological polar surface area (TPSA) is 58.6 Å². The number of hydrogen-bond donors (Lipinski definition) is 1. The summed E-state index contributed by atoms with van der Waals surface area (Å²) in [6, 6.07) is 14.0. The van der Waals surface area contributed by atoms with Crippen LogP contribution in [0.2, 0.25) is 0 Å². The molecule has 0 amide bonds. The maximum atomic E-state index is 5.83. The fourth-order valence-electron chi connectivity index (χ4n) is 2.97. The summed E-state index contributed by atoms with van der Waals surface area (Å²) in [6.45, 7) is 2.86. The van der Waals surface area contributed by atoms with Crippen molar-refractivity contribution in [2.45, 2.75) is 13.1 Å². The van der Waals surface area contributed by atoms with Gasteiger partial charge >= 0.3 is 0 Å². The Morgan fingerprint density at radius 3 is 2.47 bits per heavy atom. The van der Waals surface area contributed by atoms with E-state index < -0.39 is 0 Å². The van der Waals surface area contributed by atoms with E-state index in [2.05, 4.69) is 32.2 Å². The monoisotopic (exact) mass is 414 g/mol. The van der Waals surface area contributed by atoms with Crippen molar-refractivity contribution in [3.05, 3.63) is 53.6 Å². The fourth-order valence-corrected chi connectivity index (χ4v) is 2.97. The van der Waals surface area contributed by atoms with Crippen LogP contribution in [0.15, 0.2) is 47.5 Å².